The Balaban J connectivity index is 1.79. The molecule has 28 heavy (non-hydrogen) atoms. The highest BCUT2D eigenvalue weighted by Gasteiger charge is 2.30. The second-order valence-electron chi connectivity index (χ2n) is 6.88. The summed E-state index contributed by atoms with van der Waals surface area (Å²) in [5, 5.41) is 6.24. The summed E-state index contributed by atoms with van der Waals surface area (Å²) in [6.45, 7) is 1.79. The van der Waals surface area contributed by atoms with Crippen LogP contribution >= 0.6 is 11.6 Å². The summed E-state index contributed by atoms with van der Waals surface area (Å²) in [6.07, 6.45) is 2.88. The first-order valence-electron chi connectivity index (χ1n) is 8.65. The van der Waals surface area contributed by atoms with Gasteiger partial charge in [0.05, 0.1) is 16.3 Å². The lowest BCUT2D eigenvalue weighted by molar-refractivity contribution is -0.117. The van der Waals surface area contributed by atoms with E-state index >= 15 is 0 Å². The highest BCUT2D eigenvalue weighted by atomic mass is 35.5. The fourth-order valence-corrected chi connectivity index (χ4v) is 3.99. The summed E-state index contributed by atoms with van der Waals surface area (Å²) in [4.78, 5) is 24.1. The third kappa shape index (κ3) is 3.81. The van der Waals surface area contributed by atoms with Crippen LogP contribution in [0.25, 0.3) is 11.2 Å². The van der Waals surface area contributed by atoms with E-state index in [-0.39, 0.29) is 16.7 Å². The number of halogens is 1. The molecule has 10 heteroatoms. The number of carbonyl (C=O) groups is 1. The van der Waals surface area contributed by atoms with Crippen molar-refractivity contribution in [2.75, 3.05) is 16.9 Å². The number of hydrogen-bond acceptors (Lipinski definition) is 6. The molecule has 146 valence electrons. The number of anilines is 3. The number of nitrogens with one attached hydrogen (secondary N) is 3. The molecule has 2 heterocycles. The average molecular weight is 420 g/mol. The van der Waals surface area contributed by atoms with Crippen molar-refractivity contribution in [3.63, 3.8) is 0 Å². The molecule has 0 radical (unpaired) electrons. The smallest absolute Gasteiger partial charge is 0.228 e. The van der Waals surface area contributed by atoms with Gasteiger partial charge in [-0.2, -0.15) is 0 Å². The number of sulfone groups is 1. The van der Waals surface area contributed by atoms with Gasteiger partial charge in [0.2, 0.25) is 5.91 Å². The lowest BCUT2D eigenvalue weighted by atomic mass is 10.2. The van der Waals surface area contributed by atoms with Gasteiger partial charge in [0.15, 0.2) is 15.5 Å². The first-order chi connectivity index (χ1) is 13.2. The summed E-state index contributed by atoms with van der Waals surface area (Å²) in [5.74, 6) is 0.976. The molecule has 4 rings (SSSR count). The molecule has 1 aromatic carbocycles. The van der Waals surface area contributed by atoms with E-state index in [0.29, 0.717) is 39.2 Å². The number of nitrogens with zero attached hydrogens (tertiary/aromatic N) is 2. The molecule has 2 aromatic heterocycles. The number of aromatic nitrogens is 3. The maximum Gasteiger partial charge on any atom is 0.228 e. The van der Waals surface area contributed by atoms with Gasteiger partial charge in [-0.3, -0.25) is 4.79 Å². The molecule has 0 aliphatic heterocycles. The molecule has 1 amide bonds. The van der Waals surface area contributed by atoms with Crippen molar-refractivity contribution < 1.29 is 13.2 Å². The largest absolute Gasteiger partial charge is 0.352 e. The normalized spacial score (nSPS) is 14.2. The van der Waals surface area contributed by atoms with E-state index in [1.165, 1.54) is 6.07 Å². The van der Waals surface area contributed by atoms with Crippen LogP contribution in [0.2, 0.25) is 5.02 Å². The van der Waals surface area contributed by atoms with Crippen LogP contribution in [0.3, 0.4) is 0 Å². The number of H-pyrrole nitrogens is 1. The lowest BCUT2D eigenvalue weighted by Gasteiger charge is -2.13. The first-order valence-corrected chi connectivity index (χ1v) is 10.9. The van der Waals surface area contributed by atoms with Crippen molar-refractivity contribution in [1.29, 1.82) is 0 Å². The molecule has 3 N–H and O–H groups in total. The number of fused-ring (bicyclic) bond motifs is 1. The lowest BCUT2D eigenvalue weighted by Crippen LogP contribution is -2.14. The van der Waals surface area contributed by atoms with E-state index in [4.69, 9.17) is 11.6 Å². The zero-order valence-corrected chi connectivity index (χ0v) is 16.8. The quantitative estimate of drug-likeness (QED) is 0.583. The number of aryl methyl sites for hydroxylation is 1. The maximum atomic E-state index is 12.2. The Morgan fingerprint density at radius 3 is 2.64 bits per heavy atom. The van der Waals surface area contributed by atoms with Crippen LogP contribution < -0.4 is 10.6 Å². The van der Waals surface area contributed by atoms with Gasteiger partial charge in [-0.25, -0.2) is 18.4 Å². The van der Waals surface area contributed by atoms with E-state index in [9.17, 15) is 13.2 Å². The molecule has 3 aromatic rings. The Hall–Kier alpha value is -2.65. The van der Waals surface area contributed by atoms with Crippen LogP contribution in [-0.4, -0.2) is 35.5 Å². The molecular weight excluding hydrogens is 402 g/mol. The van der Waals surface area contributed by atoms with Crippen molar-refractivity contribution in [2.24, 2.45) is 5.92 Å². The molecule has 0 bridgehead atoms. The average Bonchev–Trinajstić information content (AvgIpc) is 3.38. The van der Waals surface area contributed by atoms with Crippen LogP contribution in [-0.2, 0) is 14.6 Å². The van der Waals surface area contributed by atoms with Crippen LogP contribution in [0.15, 0.2) is 29.2 Å². The number of rotatable bonds is 5. The Morgan fingerprint density at radius 2 is 1.96 bits per heavy atom. The maximum absolute atomic E-state index is 12.2. The number of benzene rings is 1. The molecule has 0 spiro atoms. The molecule has 1 aliphatic carbocycles. The Morgan fingerprint density at radius 1 is 1.21 bits per heavy atom. The van der Waals surface area contributed by atoms with Crippen molar-refractivity contribution in [3.8, 4) is 0 Å². The van der Waals surface area contributed by atoms with Crippen molar-refractivity contribution >= 4 is 55.7 Å². The number of hydrogen-bond donors (Lipinski definition) is 3. The summed E-state index contributed by atoms with van der Waals surface area (Å²) in [6, 6.07) is 6.22. The number of pyridine rings is 1. The van der Waals surface area contributed by atoms with Crippen molar-refractivity contribution in [3.05, 3.63) is 35.1 Å². The number of carbonyl (C=O) groups excluding carboxylic acids is 1. The Kier molecular flexibility index (Phi) is 4.51. The SMILES string of the molecule is Cc1nc2c(Nc3ccc(Cl)cc3S(C)(=O)=O)cc(NC(=O)C3CC3)nc2[nH]1. The third-order valence-electron chi connectivity index (χ3n) is 4.38. The summed E-state index contributed by atoms with van der Waals surface area (Å²) < 4.78 is 24.3. The Labute approximate surface area is 166 Å². The summed E-state index contributed by atoms with van der Waals surface area (Å²) in [7, 11) is -3.52. The van der Waals surface area contributed by atoms with Crippen molar-refractivity contribution in [1.82, 2.24) is 15.0 Å². The van der Waals surface area contributed by atoms with Crippen molar-refractivity contribution in [2.45, 2.75) is 24.7 Å². The van der Waals surface area contributed by atoms with Crippen LogP contribution in [0.5, 0.6) is 0 Å². The molecule has 0 atom stereocenters. The van der Waals surface area contributed by atoms with E-state index in [1.807, 2.05) is 0 Å². The van der Waals surface area contributed by atoms with Gasteiger partial charge in [0.1, 0.15) is 17.2 Å². The third-order valence-corrected chi connectivity index (χ3v) is 5.76. The summed E-state index contributed by atoms with van der Waals surface area (Å²) in [5.41, 5.74) is 1.91. The fraction of sp³-hybridized carbons (Fsp3) is 0.278. The predicted octanol–water partition coefficient (Wildman–Crippen LogP) is 3.42. The van der Waals surface area contributed by atoms with Gasteiger partial charge in [-0.15, -0.1) is 0 Å². The standard InChI is InChI=1S/C18H18ClN5O3S/c1-9-20-16-13(22-12-6-5-11(19)7-14(12)28(2,26)27)8-15(23-17(16)21-9)24-18(25)10-3-4-10/h5-8,10H,3-4H2,1-2H3,(H3,20,21,22,23,24,25). The minimum Gasteiger partial charge on any atom is -0.352 e. The minimum absolute atomic E-state index is 0.0329. The van der Waals surface area contributed by atoms with Crippen LogP contribution in [0.4, 0.5) is 17.2 Å². The molecule has 0 unspecified atom stereocenters. The van der Waals surface area contributed by atoms with E-state index in [1.54, 1.807) is 25.1 Å². The minimum atomic E-state index is -3.52. The number of amides is 1. The van der Waals surface area contributed by atoms with Crippen LogP contribution in [0, 0.1) is 12.8 Å². The topological polar surface area (TPSA) is 117 Å². The van der Waals surface area contributed by atoms with Gasteiger partial charge < -0.3 is 15.6 Å². The van der Waals surface area contributed by atoms with Gasteiger partial charge in [-0.1, -0.05) is 11.6 Å². The predicted molar refractivity (Wildman–Crippen MR) is 108 cm³/mol. The molecule has 8 nitrogen and oxygen atoms in total. The number of imidazole rings is 1. The fourth-order valence-electron chi connectivity index (χ4n) is 2.89. The summed E-state index contributed by atoms with van der Waals surface area (Å²) >= 11 is 5.98. The van der Waals surface area contributed by atoms with E-state index in [2.05, 4.69) is 25.6 Å². The zero-order valence-electron chi connectivity index (χ0n) is 15.2. The van der Waals surface area contributed by atoms with Gasteiger partial charge in [-0.05, 0) is 38.0 Å². The zero-order chi connectivity index (χ0) is 20.1. The second-order valence-corrected chi connectivity index (χ2v) is 9.30. The van der Waals surface area contributed by atoms with Crippen LogP contribution in [0.1, 0.15) is 18.7 Å². The van der Waals surface area contributed by atoms with E-state index in [0.717, 1.165) is 19.1 Å². The molecule has 0 saturated heterocycles. The number of aromatic amines is 1. The molecule has 1 saturated carbocycles. The van der Waals surface area contributed by atoms with Gasteiger partial charge in [0.25, 0.3) is 0 Å². The monoisotopic (exact) mass is 419 g/mol. The molecular formula is C18H18ClN5O3S. The van der Waals surface area contributed by atoms with Gasteiger partial charge >= 0.3 is 0 Å². The molecule has 1 aliphatic rings. The molecule has 1 fully saturated rings. The van der Waals surface area contributed by atoms with Gasteiger partial charge in [0, 0.05) is 23.3 Å². The first kappa shape index (κ1) is 18.7. The van der Waals surface area contributed by atoms with E-state index < -0.39 is 9.84 Å². The highest BCUT2D eigenvalue weighted by molar-refractivity contribution is 7.90. The highest BCUT2D eigenvalue weighted by Crippen LogP contribution is 2.33. The second kappa shape index (κ2) is 6.75. The Bertz CT molecular complexity index is 1200.